The van der Waals surface area contributed by atoms with Gasteiger partial charge in [-0.1, -0.05) is 0 Å². The SMILES string of the molecule is CC(=O)c1cc(C(=O)N2CCC3(CC2)c2ncccc2C(=O)N3C)[nH]n1. The fourth-order valence-electron chi connectivity index (χ4n) is 3.92. The number of H-pyrrole nitrogens is 1. The van der Waals surface area contributed by atoms with Crippen LogP contribution in [0.4, 0.5) is 0 Å². The highest BCUT2D eigenvalue weighted by molar-refractivity contribution is 5.99. The fraction of sp³-hybridized carbons (Fsp3) is 0.389. The van der Waals surface area contributed by atoms with E-state index in [2.05, 4.69) is 15.2 Å². The van der Waals surface area contributed by atoms with Crippen LogP contribution in [-0.4, -0.2) is 62.7 Å². The average Bonchev–Trinajstić information content (AvgIpc) is 3.23. The second kappa shape index (κ2) is 5.76. The Morgan fingerprint density at radius 3 is 2.65 bits per heavy atom. The van der Waals surface area contributed by atoms with E-state index in [-0.39, 0.29) is 23.3 Å². The monoisotopic (exact) mass is 353 g/mol. The molecule has 8 heteroatoms. The smallest absolute Gasteiger partial charge is 0.271 e. The molecule has 2 aliphatic heterocycles. The molecule has 4 heterocycles. The predicted octanol–water partition coefficient (Wildman–Crippen LogP) is 1.22. The third-order valence-electron chi connectivity index (χ3n) is 5.47. The average molecular weight is 353 g/mol. The highest BCUT2D eigenvalue weighted by atomic mass is 16.2. The lowest BCUT2D eigenvalue weighted by Gasteiger charge is -2.43. The van der Waals surface area contributed by atoms with Crippen molar-refractivity contribution in [2.75, 3.05) is 20.1 Å². The number of piperidine rings is 1. The van der Waals surface area contributed by atoms with E-state index in [1.54, 1.807) is 35.2 Å². The van der Waals surface area contributed by atoms with Crippen LogP contribution in [0.2, 0.25) is 0 Å². The van der Waals surface area contributed by atoms with Gasteiger partial charge in [0, 0.05) is 33.3 Å². The number of hydrogen-bond acceptors (Lipinski definition) is 5. The molecule has 8 nitrogen and oxygen atoms in total. The van der Waals surface area contributed by atoms with Gasteiger partial charge in [-0.15, -0.1) is 0 Å². The van der Waals surface area contributed by atoms with Gasteiger partial charge in [0.15, 0.2) is 5.78 Å². The number of rotatable bonds is 2. The number of likely N-dealkylation sites (tertiary alicyclic amines) is 1. The van der Waals surface area contributed by atoms with Gasteiger partial charge in [0.25, 0.3) is 11.8 Å². The van der Waals surface area contributed by atoms with E-state index in [0.29, 0.717) is 37.2 Å². The lowest BCUT2D eigenvalue weighted by atomic mass is 9.84. The molecule has 0 radical (unpaired) electrons. The van der Waals surface area contributed by atoms with Gasteiger partial charge in [-0.3, -0.25) is 24.5 Å². The molecular weight excluding hydrogens is 334 g/mol. The van der Waals surface area contributed by atoms with E-state index in [4.69, 9.17) is 0 Å². The van der Waals surface area contributed by atoms with Crippen LogP contribution >= 0.6 is 0 Å². The maximum Gasteiger partial charge on any atom is 0.271 e. The summed E-state index contributed by atoms with van der Waals surface area (Å²) >= 11 is 0. The number of aromatic nitrogens is 3. The molecule has 0 bridgehead atoms. The molecule has 2 aliphatic rings. The molecule has 1 saturated heterocycles. The van der Waals surface area contributed by atoms with Crippen LogP contribution in [0.3, 0.4) is 0 Å². The molecule has 0 aromatic carbocycles. The number of aromatic amines is 1. The van der Waals surface area contributed by atoms with Gasteiger partial charge in [0.05, 0.1) is 16.8 Å². The van der Waals surface area contributed by atoms with Crippen molar-refractivity contribution in [3.05, 3.63) is 47.0 Å². The topological polar surface area (TPSA) is 99.3 Å². The Kier molecular flexibility index (Phi) is 3.64. The Hall–Kier alpha value is -3.03. The van der Waals surface area contributed by atoms with Crippen LogP contribution in [0.5, 0.6) is 0 Å². The van der Waals surface area contributed by atoms with Crippen LogP contribution in [0.25, 0.3) is 0 Å². The maximum atomic E-state index is 12.7. The Bertz CT molecular complexity index is 911. The minimum Gasteiger partial charge on any atom is -0.337 e. The first-order chi connectivity index (χ1) is 12.4. The van der Waals surface area contributed by atoms with Gasteiger partial charge in [0.1, 0.15) is 11.4 Å². The second-order valence-corrected chi connectivity index (χ2v) is 6.81. The van der Waals surface area contributed by atoms with Crippen LogP contribution in [-0.2, 0) is 5.54 Å². The fourth-order valence-corrected chi connectivity index (χ4v) is 3.92. The largest absolute Gasteiger partial charge is 0.337 e. The summed E-state index contributed by atoms with van der Waals surface area (Å²) in [7, 11) is 1.80. The summed E-state index contributed by atoms with van der Waals surface area (Å²) in [6, 6.07) is 5.06. The zero-order valence-electron chi connectivity index (χ0n) is 14.7. The van der Waals surface area contributed by atoms with Crippen molar-refractivity contribution in [2.24, 2.45) is 0 Å². The molecule has 0 saturated carbocycles. The number of carbonyl (C=O) groups is 3. The summed E-state index contributed by atoms with van der Waals surface area (Å²) in [6.45, 7) is 2.41. The quantitative estimate of drug-likeness (QED) is 0.819. The van der Waals surface area contributed by atoms with Gasteiger partial charge in [-0.25, -0.2) is 0 Å². The zero-order chi connectivity index (χ0) is 18.5. The molecule has 0 atom stereocenters. The molecule has 26 heavy (non-hydrogen) atoms. The molecule has 1 fully saturated rings. The molecule has 4 rings (SSSR count). The van der Waals surface area contributed by atoms with E-state index in [1.165, 1.54) is 13.0 Å². The molecule has 2 amide bonds. The molecule has 1 N–H and O–H groups in total. The number of fused-ring (bicyclic) bond motifs is 2. The van der Waals surface area contributed by atoms with E-state index < -0.39 is 5.54 Å². The summed E-state index contributed by atoms with van der Waals surface area (Å²) in [4.78, 5) is 44.5. The van der Waals surface area contributed by atoms with Crippen LogP contribution in [0.1, 0.15) is 56.8 Å². The number of carbonyl (C=O) groups excluding carboxylic acids is 3. The van der Waals surface area contributed by atoms with Gasteiger partial charge >= 0.3 is 0 Å². The zero-order valence-corrected chi connectivity index (χ0v) is 14.7. The van der Waals surface area contributed by atoms with Crippen molar-refractivity contribution in [3.63, 3.8) is 0 Å². The lowest BCUT2D eigenvalue weighted by molar-refractivity contribution is 0.0333. The Balaban J connectivity index is 1.55. The summed E-state index contributed by atoms with van der Waals surface area (Å²) in [6.07, 6.45) is 2.95. The van der Waals surface area contributed by atoms with Crippen molar-refractivity contribution in [2.45, 2.75) is 25.3 Å². The van der Waals surface area contributed by atoms with Crippen LogP contribution < -0.4 is 0 Å². The van der Waals surface area contributed by atoms with Crippen molar-refractivity contribution in [1.82, 2.24) is 25.0 Å². The summed E-state index contributed by atoms with van der Waals surface area (Å²) < 4.78 is 0. The minimum absolute atomic E-state index is 0.0208. The Morgan fingerprint density at radius 2 is 2.00 bits per heavy atom. The second-order valence-electron chi connectivity index (χ2n) is 6.81. The molecule has 1 spiro atoms. The van der Waals surface area contributed by atoms with E-state index in [0.717, 1.165) is 5.69 Å². The summed E-state index contributed by atoms with van der Waals surface area (Å²) in [5.41, 5.74) is 1.55. The summed E-state index contributed by atoms with van der Waals surface area (Å²) in [5.74, 6) is -0.396. The Labute approximate surface area is 150 Å². The van der Waals surface area contributed by atoms with E-state index >= 15 is 0 Å². The molecule has 0 aliphatic carbocycles. The lowest BCUT2D eigenvalue weighted by Crippen LogP contribution is -2.51. The maximum absolute atomic E-state index is 12.7. The number of amides is 2. The van der Waals surface area contributed by atoms with Crippen LogP contribution in [0.15, 0.2) is 24.4 Å². The molecule has 0 unspecified atom stereocenters. The first kappa shape index (κ1) is 16.4. The first-order valence-corrected chi connectivity index (χ1v) is 8.53. The van der Waals surface area contributed by atoms with Crippen molar-refractivity contribution in [1.29, 1.82) is 0 Å². The third kappa shape index (κ3) is 2.25. The number of nitrogens with zero attached hydrogens (tertiary/aromatic N) is 4. The first-order valence-electron chi connectivity index (χ1n) is 8.53. The van der Waals surface area contributed by atoms with Gasteiger partial charge in [-0.2, -0.15) is 5.10 Å². The number of nitrogens with one attached hydrogen (secondary N) is 1. The standard InChI is InChI=1S/C18H19N5O3/c1-11(24)13-10-14(21-20-13)17(26)23-8-5-18(6-9-23)15-12(4-3-7-19-15)16(25)22(18)2/h3-4,7,10H,5-6,8-9H2,1-2H3,(H,20,21). The number of ketones is 1. The third-order valence-corrected chi connectivity index (χ3v) is 5.47. The van der Waals surface area contributed by atoms with Crippen molar-refractivity contribution in [3.8, 4) is 0 Å². The normalized spacial score (nSPS) is 18.3. The Morgan fingerprint density at radius 1 is 1.27 bits per heavy atom. The van der Waals surface area contributed by atoms with E-state index in [9.17, 15) is 14.4 Å². The highest BCUT2D eigenvalue weighted by Crippen LogP contribution is 2.44. The molecule has 2 aromatic heterocycles. The molecular formula is C18H19N5O3. The van der Waals surface area contributed by atoms with Crippen LogP contribution in [0, 0.1) is 0 Å². The number of hydrogen-bond donors (Lipinski definition) is 1. The minimum atomic E-state index is -0.455. The van der Waals surface area contributed by atoms with Crippen molar-refractivity contribution >= 4 is 17.6 Å². The number of pyridine rings is 1. The van der Waals surface area contributed by atoms with Gasteiger partial charge < -0.3 is 9.80 Å². The number of Topliss-reactive ketones (excluding diaryl/α,β-unsaturated/α-hetero) is 1. The summed E-state index contributed by atoms with van der Waals surface area (Å²) in [5, 5.41) is 6.51. The molecule has 2 aromatic rings. The van der Waals surface area contributed by atoms with E-state index in [1.807, 2.05) is 0 Å². The molecule has 134 valence electrons. The highest BCUT2D eigenvalue weighted by Gasteiger charge is 2.50. The van der Waals surface area contributed by atoms with Crippen molar-refractivity contribution < 1.29 is 14.4 Å². The van der Waals surface area contributed by atoms with Gasteiger partial charge in [-0.05, 0) is 31.0 Å². The van der Waals surface area contributed by atoms with Gasteiger partial charge in [0.2, 0.25) is 0 Å². The predicted molar refractivity (Wildman–Crippen MR) is 91.7 cm³/mol.